The second-order valence-corrected chi connectivity index (χ2v) is 4.67. The summed E-state index contributed by atoms with van der Waals surface area (Å²) in [6.45, 7) is 2.36. The second kappa shape index (κ2) is 5.42. The first kappa shape index (κ1) is 12.9. The molecule has 0 saturated heterocycles. The molecule has 0 spiro atoms. The Bertz CT molecular complexity index is 537. The van der Waals surface area contributed by atoms with Gasteiger partial charge in [-0.25, -0.2) is 4.98 Å². The Labute approximate surface area is 111 Å². The molecule has 18 heavy (non-hydrogen) atoms. The van der Waals surface area contributed by atoms with Crippen LogP contribution in [0.1, 0.15) is 24.2 Å². The number of halogens is 1. The minimum Gasteiger partial charge on any atom is -0.486 e. The van der Waals surface area contributed by atoms with E-state index >= 15 is 0 Å². The number of ether oxygens (including phenoxy) is 1. The van der Waals surface area contributed by atoms with Gasteiger partial charge in [-0.3, -0.25) is 0 Å². The number of imidazole rings is 1. The molecule has 1 atom stereocenters. The van der Waals surface area contributed by atoms with Gasteiger partial charge in [0, 0.05) is 13.1 Å². The zero-order chi connectivity index (χ0) is 13.1. The molecule has 0 radical (unpaired) electrons. The van der Waals surface area contributed by atoms with E-state index in [-0.39, 0.29) is 6.04 Å². The number of aromatic nitrogens is 2. The summed E-state index contributed by atoms with van der Waals surface area (Å²) >= 11 is 6.15. The summed E-state index contributed by atoms with van der Waals surface area (Å²) in [4.78, 5) is 4.03. The minimum absolute atomic E-state index is 0.0337. The van der Waals surface area contributed by atoms with E-state index < -0.39 is 0 Å². The van der Waals surface area contributed by atoms with Gasteiger partial charge in [0.1, 0.15) is 12.4 Å². The van der Waals surface area contributed by atoms with Crippen molar-refractivity contribution in [3.63, 3.8) is 0 Å². The Morgan fingerprint density at radius 1 is 1.50 bits per heavy atom. The Morgan fingerprint density at radius 3 is 2.83 bits per heavy atom. The summed E-state index contributed by atoms with van der Waals surface area (Å²) in [5.41, 5.74) is 7.77. The highest BCUT2D eigenvalue weighted by atomic mass is 35.5. The van der Waals surface area contributed by atoms with Crippen LogP contribution in [0, 0.1) is 0 Å². The first-order valence-corrected chi connectivity index (χ1v) is 6.08. The first-order valence-electron chi connectivity index (χ1n) is 5.71. The molecule has 1 heterocycles. The highest BCUT2D eigenvalue weighted by Crippen LogP contribution is 2.27. The lowest BCUT2D eigenvalue weighted by Crippen LogP contribution is -2.05. The van der Waals surface area contributed by atoms with E-state index in [0.29, 0.717) is 17.4 Å². The smallest absolute Gasteiger partial charge is 0.138 e. The van der Waals surface area contributed by atoms with Gasteiger partial charge in [-0.05, 0) is 24.6 Å². The van der Waals surface area contributed by atoms with Crippen LogP contribution in [0.15, 0.2) is 30.7 Å². The van der Waals surface area contributed by atoms with E-state index in [2.05, 4.69) is 4.98 Å². The number of aryl methyl sites for hydroxylation is 1. The SMILES string of the molecule is C[C@H](N)c1ccc(OCc2cncn2C)c(Cl)c1. The number of benzene rings is 1. The van der Waals surface area contributed by atoms with Crippen molar-refractivity contribution >= 4 is 11.6 Å². The summed E-state index contributed by atoms with van der Waals surface area (Å²) in [5, 5.41) is 0.576. The third-order valence-corrected chi connectivity index (χ3v) is 3.07. The van der Waals surface area contributed by atoms with Gasteiger partial charge in [0.15, 0.2) is 0 Å². The molecule has 0 amide bonds. The molecule has 2 N–H and O–H groups in total. The van der Waals surface area contributed by atoms with E-state index in [4.69, 9.17) is 22.1 Å². The van der Waals surface area contributed by atoms with Crippen LogP contribution in [0.5, 0.6) is 5.75 Å². The molecule has 1 aromatic heterocycles. The molecule has 2 aromatic rings. The second-order valence-electron chi connectivity index (χ2n) is 4.26. The molecule has 96 valence electrons. The van der Waals surface area contributed by atoms with Gasteiger partial charge < -0.3 is 15.0 Å². The van der Waals surface area contributed by atoms with E-state index in [1.807, 2.05) is 36.7 Å². The lowest BCUT2D eigenvalue weighted by Gasteiger charge is -2.11. The van der Waals surface area contributed by atoms with Gasteiger partial charge in [0.2, 0.25) is 0 Å². The molecule has 4 nitrogen and oxygen atoms in total. The normalized spacial score (nSPS) is 12.4. The molecule has 0 saturated carbocycles. The fourth-order valence-electron chi connectivity index (χ4n) is 1.59. The summed E-state index contributed by atoms with van der Waals surface area (Å²) in [6.07, 6.45) is 3.50. The number of rotatable bonds is 4. The van der Waals surface area contributed by atoms with Crippen LogP contribution >= 0.6 is 11.6 Å². The lowest BCUT2D eigenvalue weighted by atomic mass is 10.1. The van der Waals surface area contributed by atoms with Gasteiger partial charge in [-0.15, -0.1) is 0 Å². The summed E-state index contributed by atoms with van der Waals surface area (Å²) in [7, 11) is 1.92. The van der Waals surface area contributed by atoms with Gasteiger partial charge in [0.05, 0.1) is 23.2 Å². The highest BCUT2D eigenvalue weighted by Gasteiger charge is 2.07. The maximum absolute atomic E-state index is 6.15. The molecule has 5 heteroatoms. The van der Waals surface area contributed by atoms with Crippen LogP contribution in [-0.2, 0) is 13.7 Å². The molecule has 0 aliphatic rings. The molecular formula is C13H16ClN3O. The van der Waals surface area contributed by atoms with Crippen LogP contribution < -0.4 is 10.5 Å². The Kier molecular flexibility index (Phi) is 3.89. The molecule has 0 unspecified atom stereocenters. The number of hydrogen-bond acceptors (Lipinski definition) is 3. The fraction of sp³-hybridized carbons (Fsp3) is 0.308. The number of nitrogens with zero attached hydrogens (tertiary/aromatic N) is 2. The third kappa shape index (κ3) is 2.83. The summed E-state index contributed by atoms with van der Waals surface area (Å²) in [6, 6.07) is 5.57. The van der Waals surface area contributed by atoms with Crippen molar-refractivity contribution in [2.24, 2.45) is 12.8 Å². The summed E-state index contributed by atoms with van der Waals surface area (Å²) in [5.74, 6) is 0.655. The monoisotopic (exact) mass is 265 g/mol. The molecule has 0 bridgehead atoms. The molecule has 2 rings (SSSR count). The average molecular weight is 266 g/mol. The van der Waals surface area contributed by atoms with Crippen LogP contribution in [0.2, 0.25) is 5.02 Å². The van der Waals surface area contributed by atoms with Crippen LogP contribution in [0.25, 0.3) is 0 Å². The van der Waals surface area contributed by atoms with Gasteiger partial charge in [-0.1, -0.05) is 17.7 Å². The van der Waals surface area contributed by atoms with Crippen molar-refractivity contribution in [1.29, 1.82) is 0 Å². The topological polar surface area (TPSA) is 53.1 Å². The lowest BCUT2D eigenvalue weighted by molar-refractivity contribution is 0.297. The van der Waals surface area contributed by atoms with E-state index in [1.165, 1.54) is 0 Å². The van der Waals surface area contributed by atoms with E-state index in [0.717, 1.165) is 11.3 Å². The third-order valence-electron chi connectivity index (χ3n) is 2.77. The Morgan fingerprint density at radius 2 is 2.28 bits per heavy atom. The van der Waals surface area contributed by atoms with Crippen molar-refractivity contribution in [3.8, 4) is 5.75 Å². The van der Waals surface area contributed by atoms with Gasteiger partial charge in [0.25, 0.3) is 0 Å². The van der Waals surface area contributed by atoms with E-state index in [9.17, 15) is 0 Å². The molecule has 0 aliphatic heterocycles. The maximum Gasteiger partial charge on any atom is 0.138 e. The van der Waals surface area contributed by atoms with E-state index in [1.54, 1.807) is 12.5 Å². The van der Waals surface area contributed by atoms with Crippen molar-refractivity contribution in [2.75, 3.05) is 0 Å². The molecule has 0 aliphatic carbocycles. The first-order chi connectivity index (χ1) is 8.58. The molecular weight excluding hydrogens is 250 g/mol. The van der Waals surface area contributed by atoms with Crippen LogP contribution in [0.3, 0.4) is 0 Å². The van der Waals surface area contributed by atoms with Crippen molar-refractivity contribution in [2.45, 2.75) is 19.6 Å². The van der Waals surface area contributed by atoms with Crippen LogP contribution in [-0.4, -0.2) is 9.55 Å². The predicted molar refractivity (Wildman–Crippen MR) is 71.6 cm³/mol. The zero-order valence-electron chi connectivity index (χ0n) is 10.4. The number of nitrogens with two attached hydrogens (primary N) is 1. The average Bonchev–Trinajstić information content (AvgIpc) is 2.73. The Balaban J connectivity index is 2.08. The van der Waals surface area contributed by atoms with Crippen LogP contribution in [0.4, 0.5) is 0 Å². The quantitative estimate of drug-likeness (QED) is 0.925. The standard InChI is InChI=1S/C13H16ClN3O/c1-9(15)10-3-4-13(12(14)5-10)18-7-11-6-16-8-17(11)2/h3-6,8-9H,7,15H2,1-2H3/t9-/m0/s1. The Hall–Kier alpha value is -1.52. The van der Waals surface area contributed by atoms with Crippen molar-refractivity contribution in [1.82, 2.24) is 9.55 Å². The zero-order valence-corrected chi connectivity index (χ0v) is 11.2. The fourth-order valence-corrected chi connectivity index (χ4v) is 1.84. The summed E-state index contributed by atoms with van der Waals surface area (Å²) < 4.78 is 7.57. The van der Waals surface area contributed by atoms with Gasteiger partial charge >= 0.3 is 0 Å². The van der Waals surface area contributed by atoms with Gasteiger partial charge in [-0.2, -0.15) is 0 Å². The largest absolute Gasteiger partial charge is 0.486 e. The predicted octanol–water partition coefficient (Wildman–Crippen LogP) is 2.67. The highest BCUT2D eigenvalue weighted by molar-refractivity contribution is 6.32. The maximum atomic E-state index is 6.15. The van der Waals surface area contributed by atoms with Crippen molar-refractivity contribution < 1.29 is 4.74 Å². The molecule has 1 aromatic carbocycles. The molecule has 0 fully saturated rings. The van der Waals surface area contributed by atoms with Crippen molar-refractivity contribution in [3.05, 3.63) is 47.0 Å². The number of hydrogen-bond donors (Lipinski definition) is 1. The minimum atomic E-state index is -0.0337.